The van der Waals surface area contributed by atoms with E-state index in [9.17, 15) is 19.7 Å². The number of imide groups is 1. The van der Waals surface area contributed by atoms with Crippen molar-refractivity contribution in [3.8, 4) is 0 Å². The van der Waals surface area contributed by atoms with Crippen LogP contribution in [0.2, 0.25) is 0 Å². The minimum absolute atomic E-state index is 0.0952. The second kappa shape index (κ2) is 6.00. The van der Waals surface area contributed by atoms with Crippen LogP contribution >= 0.6 is 0 Å². The first-order valence-corrected chi connectivity index (χ1v) is 7.27. The zero-order valence-electron chi connectivity index (χ0n) is 12.3. The van der Waals surface area contributed by atoms with Crippen LogP contribution in [0.1, 0.15) is 32.7 Å². The first kappa shape index (κ1) is 14.9. The van der Waals surface area contributed by atoms with Gasteiger partial charge in [-0.3, -0.25) is 24.6 Å². The molecule has 0 unspecified atom stereocenters. The molecule has 0 aliphatic carbocycles. The molecule has 0 spiro atoms. The van der Waals surface area contributed by atoms with Crippen molar-refractivity contribution in [1.82, 2.24) is 4.90 Å². The maximum absolute atomic E-state index is 12.4. The summed E-state index contributed by atoms with van der Waals surface area (Å²) < 4.78 is 0. The number of rotatable bonds is 5. The van der Waals surface area contributed by atoms with Crippen molar-refractivity contribution in [3.05, 3.63) is 75.3 Å². The van der Waals surface area contributed by atoms with Gasteiger partial charge in [0.15, 0.2) is 0 Å². The van der Waals surface area contributed by atoms with Crippen molar-refractivity contribution >= 4 is 17.5 Å². The largest absolute Gasteiger partial charge is 0.282 e. The summed E-state index contributed by atoms with van der Waals surface area (Å²) in [5.41, 5.74) is 0.827. The molecule has 6 heteroatoms. The minimum Gasteiger partial charge on any atom is -0.274 e. The summed E-state index contributed by atoms with van der Waals surface area (Å²) in [5, 5.41) is 11.0. The van der Waals surface area contributed by atoms with Crippen molar-refractivity contribution in [3.63, 3.8) is 0 Å². The molecule has 1 heterocycles. The average molecular weight is 310 g/mol. The van der Waals surface area contributed by atoms with E-state index >= 15 is 0 Å². The van der Waals surface area contributed by atoms with E-state index in [-0.39, 0.29) is 23.4 Å². The number of hydrogen-bond donors (Lipinski definition) is 0. The Hall–Kier alpha value is -3.02. The highest BCUT2D eigenvalue weighted by molar-refractivity contribution is 6.23. The van der Waals surface area contributed by atoms with Gasteiger partial charge in [0.2, 0.25) is 0 Å². The molecule has 0 saturated carbocycles. The molecule has 6 nitrogen and oxygen atoms in total. The van der Waals surface area contributed by atoms with Gasteiger partial charge in [-0.05, 0) is 24.5 Å². The van der Waals surface area contributed by atoms with E-state index in [1.54, 1.807) is 0 Å². The fourth-order valence-corrected chi connectivity index (χ4v) is 2.76. The van der Waals surface area contributed by atoms with Crippen LogP contribution in [-0.4, -0.2) is 28.2 Å². The van der Waals surface area contributed by atoms with Gasteiger partial charge >= 0.3 is 0 Å². The van der Waals surface area contributed by atoms with E-state index < -0.39 is 16.7 Å². The van der Waals surface area contributed by atoms with Gasteiger partial charge in [-0.2, -0.15) is 0 Å². The van der Waals surface area contributed by atoms with Crippen LogP contribution in [0.5, 0.6) is 0 Å². The Morgan fingerprint density at radius 1 is 0.957 bits per heavy atom. The molecule has 0 aromatic heterocycles. The molecule has 2 amide bonds. The molecular weight excluding hydrogens is 296 g/mol. The third kappa shape index (κ3) is 2.70. The number of nitro groups is 1. The monoisotopic (exact) mass is 310 g/mol. The average Bonchev–Trinajstić information content (AvgIpc) is 2.81. The maximum atomic E-state index is 12.4. The van der Waals surface area contributed by atoms with E-state index in [4.69, 9.17) is 0 Å². The molecule has 0 atom stereocenters. The normalized spacial score (nSPS) is 13.3. The number of carbonyl (C=O) groups is 2. The van der Waals surface area contributed by atoms with Gasteiger partial charge in [-0.1, -0.05) is 36.4 Å². The van der Waals surface area contributed by atoms with E-state index in [2.05, 4.69) is 0 Å². The lowest BCUT2D eigenvalue weighted by molar-refractivity contribution is -0.385. The quantitative estimate of drug-likeness (QED) is 0.483. The van der Waals surface area contributed by atoms with Gasteiger partial charge in [0.1, 0.15) is 5.56 Å². The van der Waals surface area contributed by atoms with E-state index in [1.807, 2.05) is 30.3 Å². The van der Waals surface area contributed by atoms with Gasteiger partial charge in [-0.25, -0.2) is 0 Å². The second-order valence-electron chi connectivity index (χ2n) is 5.31. The third-order valence-electron chi connectivity index (χ3n) is 3.86. The number of fused-ring (bicyclic) bond motifs is 1. The lowest BCUT2D eigenvalue weighted by atomic mass is 10.1. The Morgan fingerprint density at radius 2 is 1.70 bits per heavy atom. The molecule has 0 radical (unpaired) electrons. The number of benzene rings is 2. The van der Waals surface area contributed by atoms with Gasteiger partial charge in [0.25, 0.3) is 17.5 Å². The summed E-state index contributed by atoms with van der Waals surface area (Å²) in [6.45, 7) is 0.248. The lowest BCUT2D eigenvalue weighted by Crippen LogP contribution is -2.31. The predicted octanol–water partition coefficient (Wildman–Crippen LogP) is 2.82. The second-order valence-corrected chi connectivity index (χ2v) is 5.31. The smallest absolute Gasteiger partial charge is 0.274 e. The highest BCUT2D eigenvalue weighted by Crippen LogP contribution is 2.30. The summed E-state index contributed by atoms with van der Waals surface area (Å²) in [6, 6.07) is 13.9. The van der Waals surface area contributed by atoms with Crippen LogP contribution in [0.15, 0.2) is 48.5 Å². The Kier molecular flexibility index (Phi) is 3.89. The maximum Gasteiger partial charge on any atom is 0.282 e. The minimum atomic E-state index is -0.627. The number of nitro benzene ring substituents is 1. The van der Waals surface area contributed by atoms with Gasteiger partial charge in [0.05, 0.1) is 10.5 Å². The summed E-state index contributed by atoms with van der Waals surface area (Å²) in [7, 11) is 0. The van der Waals surface area contributed by atoms with Crippen molar-refractivity contribution < 1.29 is 14.5 Å². The highest BCUT2D eigenvalue weighted by atomic mass is 16.6. The van der Waals surface area contributed by atoms with Gasteiger partial charge < -0.3 is 0 Å². The predicted molar refractivity (Wildman–Crippen MR) is 83.2 cm³/mol. The van der Waals surface area contributed by atoms with Crippen LogP contribution in [-0.2, 0) is 6.42 Å². The lowest BCUT2D eigenvalue weighted by Gasteiger charge is -2.13. The first-order chi connectivity index (χ1) is 11.1. The fourth-order valence-electron chi connectivity index (χ4n) is 2.76. The van der Waals surface area contributed by atoms with Crippen molar-refractivity contribution in [2.24, 2.45) is 0 Å². The summed E-state index contributed by atoms with van der Waals surface area (Å²) >= 11 is 0. The topological polar surface area (TPSA) is 80.5 Å². The van der Waals surface area contributed by atoms with Crippen molar-refractivity contribution in [1.29, 1.82) is 0 Å². The van der Waals surface area contributed by atoms with Crippen LogP contribution < -0.4 is 0 Å². The Morgan fingerprint density at radius 3 is 2.39 bits per heavy atom. The van der Waals surface area contributed by atoms with Crippen LogP contribution in [0, 0.1) is 10.1 Å². The molecular formula is C17H14N2O4. The molecule has 1 aliphatic heterocycles. The molecule has 2 aromatic rings. The molecule has 0 saturated heterocycles. The van der Waals surface area contributed by atoms with Crippen molar-refractivity contribution in [2.45, 2.75) is 12.8 Å². The van der Waals surface area contributed by atoms with Crippen LogP contribution in [0.3, 0.4) is 0 Å². The highest BCUT2D eigenvalue weighted by Gasteiger charge is 2.40. The SMILES string of the molecule is O=C1c2cccc([N+](=O)[O-])c2C(=O)N1CCCc1ccccc1. The molecule has 116 valence electrons. The summed E-state index contributed by atoms with van der Waals surface area (Å²) in [6.07, 6.45) is 1.35. The first-order valence-electron chi connectivity index (χ1n) is 7.27. The Balaban J connectivity index is 1.76. The fraction of sp³-hybridized carbons (Fsp3) is 0.176. The van der Waals surface area contributed by atoms with Crippen molar-refractivity contribution in [2.75, 3.05) is 6.54 Å². The number of amides is 2. The number of hydrogen-bond acceptors (Lipinski definition) is 4. The van der Waals surface area contributed by atoms with E-state index in [0.717, 1.165) is 16.9 Å². The molecule has 1 aliphatic rings. The van der Waals surface area contributed by atoms with Gasteiger partial charge in [-0.15, -0.1) is 0 Å². The van der Waals surface area contributed by atoms with E-state index in [1.165, 1.54) is 18.2 Å². The Bertz CT molecular complexity index is 786. The molecule has 0 fully saturated rings. The Labute approximate surface area is 132 Å². The van der Waals surface area contributed by atoms with Crippen LogP contribution in [0.4, 0.5) is 5.69 Å². The van der Waals surface area contributed by atoms with Crippen LogP contribution in [0.25, 0.3) is 0 Å². The molecule has 2 aromatic carbocycles. The zero-order chi connectivity index (χ0) is 16.4. The standard InChI is InChI=1S/C17H14N2O4/c20-16-13-9-4-10-14(19(22)23)15(13)17(21)18(16)11-5-8-12-6-2-1-3-7-12/h1-4,6-7,9-10H,5,8,11H2. The number of nitrogens with zero attached hydrogens (tertiary/aromatic N) is 2. The molecule has 0 N–H and O–H groups in total. The van der Waals surface area contributed by atoms with E-state index in [0.29, 0.717) is 6.42 Å². The molecule has 3 rings (SSSR count). The number of aryl methyl sites for hydroxylation is 1. The zero-order valence-corrected chi connectivity index (χ0v) is 12.3. The summed E-state index contributed by atoms with van der Waals surface area (Å²) in [4.78, 5) is 36.2. The number of carbonyl (C=O) groups excluding carboxylic acids is 2. The third-order valence-corrected chi connectivity index (χ3v) is 3.86. The van der Waals surface area contributed by atoms with Gasteiger partial charge in [0, 0.05) is 12.6 Å². The molecule has 23 heavy (non-hydrogen) atoms. The summed E-state index contributed by atoms with van der Waals surface area (Å²) in [5.74, 6) is -1.04. The molecule has 0 bridgehead atoms.